The number of hydrogen-bond acceptors (Lipinski definition) is 3. The molecule has 0 bridgehead atoms. The molecule has 0 radical (unpaired) electrons. The SMILES string of the molecule is CC1(C)CN(c2ccc(Cl)cc2C#N)CCS1. The fraction of sp³-hybridized carbons (Fsp3) is 0.462. The van der Waals surface area contributed by atoms with Gasteiger partial charge in [0, 0.05) is 28.6 Å². The second-order valence-corrected chi connectivity index (χ2v) is 7.04. The summed E-state index contributed by atoms with van der Waals surface area (Å²) in [6.45, 7) is 6.44. The van der Waals surface area contributed by atoms with Crippen LogP contribution in [0, 0.1) is 11.3 Å². The smallest absolute Gasteiger partial charge is 0.101 e. The van der Waals surface area contributed by atoms with Gasteiger partial charge in [-0.15, -0.1) is 0 Å². The van der Waals surface area contributed by atoms with Crippen molar-refractivity contribution in [2.24, 2.45) is 0 Å². The van der Waals surface area contributed by atoms with Gasteiger partial charge in [-0.1, -0.05) is 11.6 Å². The molecule has 90 valence electrons. The summed E-state index contributed by atoms with van der Waals surface area (Å²) in [7, 11) is 0. The number of anilines is 1. The van der Waals surface area contributed by atoms with Gasteiger partial charge in [-0.25, -0.2) is 0 Å². The Morgan fingerprint density at radius 2 is 2.24 bits per heavy atom. The summed E-state index contributed by atoms with van der Waals surface area (Å²) in [5, 5.41) is 9.78. The molecular formula is C13H15ClN2S. The number of thioether (sulfide) groups is 1. The molecule has 0 N–H and O–H groups in total. The average molecular weight is 267 g/mol. The quantitative estimate of drug-likeness (QED) is 0.778. The van der Waals surface area contributed by atoms with E-state index in [-0.39, 0.29) is 4.75 Å². The van der Waals surface area contributed by atoms with E-state index in [1.54, 1.807) is 6.07 Å². The Kier molecular flexibility index (Phi) is 3.56. The molecule has 1 aliphatic rings. The van der Waals surface area contributed by atoms with Crippen molar-refractivity contribution < 1.29 is 0 Å². The molecule has 0 unspecified atom stereocenters. The number of halogens is 1. The van der Waals surface area contributed by atoms with Crippen LogP contribution in [0.5, 0.6) is 0 Å². The van der Waals surface area contributed by atoms with Gasteiger partial charge in [0.05, 0.1) is 11.3 Å². The molecule has 1 aromatic rings. The lowest BCUT2D eigenvalue weighted by Gasteiger charge is -2.39. The molecule has 2 rings (SSSR count). The van der Waals surface area contributed by atoms with Gasteiger partial charge in [0.2, 0.25) is 0 Å². The molecule has 0 amide bonds. The maximum Gasteiger partial charge on any atom is 0.101 e. The zero-order valence-corrected chi connectivity index (χ0v) is 11.6. The Balaban J connectivity index is 2.31. The predicted octanol–water partition coefficient (Wildman–Crippen LogP) is 3.54. The molecule has 17 heavy (non-hydrogen) atoms. The summed E-state index contributed by atoms with van der Waals surface area (Å²) >= 11 is 7.90. The molecule has 1 saturated heterocycles. The molecule has 0 aromatic heterocycles. The van der Waals surface area contributed by atoms with Crippen molar-refractivity contribution in [3.05, 3.63) is 28.8 Å². The van der Waals surface area contributed by atoms with Gasteiger partial charge in [0.25, 0.3) is 0 Å². The van der Waals surface area contributed by atoms with E-state index >= 15 is 0 Å². The third-order valence-corrected chi connectivity index (χ3v) is 4.38. The van der Waals surface area contributed by atoms with Crippen LogP contribution in [0.25, 0.3) is 0 Å². The fourth-order valence-corrected chi connectivity index (χ4v) is 3.38. The maximum absolute atomic E-state index is 9.16. The molecule has 1 aromatic carbocycles. The second kappa shape index (κ2) is 4.80. The van der Waals surface area contributed by atoms with Gasteiger partial charge in [0.15, 0.2) is 0 Å². The minimum Gasteiger partial charge on any atom is -0.368 e. The van der Waals surface area contributed by atoms with Crippen molar-refractivity contribution in [3.8, 4) is 6.07 Å². The molecule has 2 nitrogen and oxygen atoms in total. The Hall–Kier alpha value is -0.850. The van der Waals surface area contributed by atoms with Gasteiger partial charge in [-0.2, -0.15) is 17.0 Å². The molecule has 4 heteroatoms. The van der Waals surface area contributed by atoms with Crippen molar-refractivity contribution in [3.63, 3.8) is 0 Å². The number of rotatable bonds is 1. The first-order valence-electron chi connectivity index (χ1n) is 5.60. The lowest BCUT2D eigenvalue weighted by atomic mass is 10.1. The van der Waals surface area contributed by atoms with E-state index < -0.39 is 0 Å². The molecule has 0 spiro atoms. The lowest BCUT2D eigenvalue weighted by Crippen LogP contribution is -2.43. The molecule has 0 saturated carbocycles. The molecule has 1 fully saturated rings. The lowest BCUT2D eigenvalue weighted by molar-refractivity contribution is 0.647. The summed E-state index contributed by atoms with van der Waals surface area (Å²) < 4.78 is 0.241. The highest BCUT2D eigenvalue weighted by molar-refractivity contribution is 8.00. The summed E-state index contributed by atoms with van der Waals surface area (Å²) in [5.41, 5.74) is 1.67. The molecule has 1 aliphatic heterocycles. The first-order valence-corrected chi connectivity index (χ1v) is 6.97. The number of nitriles is 1. The number of hydrogen-bond donors (Lipinski definition) is 0. The van der Waals surface area contributed by atoms with E-state index in [2.05, 4.69) is 24.8 Å². The van der Waals surface area contributed by atoms with E-state index in [0.29, 0.717) is 10.6 Å². The number of nitrogens with zero attached hydrogens (tertiary/aromatic N) is 2. The monoisotopic (exact) mass is 266 g/mol. The molecule has 0 atom stereocenters. The molecule has 1 heterocycles. The third-order valence-electron chi connectivity index (χ3n) is 2.85. The van der Waals surface area contributed by atoms with Crippen molar-refractivity contribution in [1.29, 1.82) is 5.26 Å². The van der Waals surface area contributed by atoms with Crippen LogP contribution >= 0.6 is 23.4 Å². The van der Waals surface area contributed by atoms with Crippen LogP contribution in [-0.4, -0.2) is 23.6 Å². The normalized spacial score (nSPS) is 18.8. The van der Waals surface area contributed by atoms with Crippen molar-refractivity contribution in [2.45, 2.75) is 18.6 Å². The van der Waals surface area contributed by atoms with E-state index in [9.17, 15) is 0 Å². The van der Waals surface area contributed by atoms with Gasteiger partial charge < -0.3 is 4.90 Å². The van der Waals surface area contributed by atoms with Gasteiger partial charge in [-0.05, 0) is 32.0 Å². The van der Waals surface area contributed by atoms with Crippen LogP contribution in [0.15, 0.2) is 18.2 Å². The standard InChI is InChI=1S/C13H15ClN2S/c1-13(2)9-16(5-6-17-13)12-4-3-11(14)7-10(12)8-15/h3-4,7H,5-6,9H2,1-2H3. The van der Waals surface area contributed by atoms with E-state index in [4.69, 9.17) is 16.9 Å². The summed E-state index contributed by atoms with van der Waals surface area (Å²) in [6, 6.07) is 7.77. The van der Waals surface area contributed by atoms with Crippen molar-refractivity contribution in [2.75, 3.05) is 23.7 Å². The van der Waals surface area contributed by atoms with Crippen LogP contribution in [-0.2, 0) is 0 Å². The zero-order chi connectivity index (χ0) is 12.5. The highest BCUT2D eigenvalue weighted by Gasteiger charge is 2.28. The summed E-state index contributed by atoms with van der Waals surface area (Å²) in [5.74, 6) is 1.10. The first kappa shape index (κ1) is 12.6. The molecule has 0 aliphatic carbocycles. The second-order valence-electron chi connectivity index (χ2n) is 4.80. The first-order chi connectivity index (χ1) is 8.02. The topological polar surface area (TPSA) is 27.0 Å². The fourth-order valence-electron chi connectivity index (χ4n) is 2.10. The van der Waals surface area contributed by atoms with Gasteiger partial charge in [-0.3, -0.25) is 0 Å². The molecular weight excluding hydrogens is 252 g/mol. The van der Waals surface area contributed by atoms with Crippen LogP contribution in [0.2, 0.25) is 5.02 Å². The van der Waals surface area contributed by atoms with E-state index in [1.807, 2.05) is 23.9 Å². The van der Waals surface area contributed by atoms with E-state index in [1.165, 1.54) is 0 Å². The Morgan fingerprint density at radius 3 is 2.88 bits per heavy atom. The third kappa shape index (κ3) is 2.88. The van der Waals surface area contributed by atoms with Crippen molar-refractivity contribution in [1.82, 2.24) is 0 Å². The number of benzene rings is 1. The minimum absolute atomic E-state index is 0.241. The van der Waals surface area contributed by atoms with Crippen LogP contribution in [0.3, 0.4) is 0 Å². The minimum atomic E-state index is 0.241. The highest BCUT2D eigenvalue weighted by atomic mass is 35.5. The Labute approximate surface area is 112 Å². The van der Waals surface area contributed by atoms with E-state index in [0.717, 1.165) is 24.5 Å². The predicted molar refractivity (Wildman–Crippen MR) is 74.9 cm³/mol. The Morgan fingerprint density at radius 1 is 1.47 bits per heavy atom. The average Bonchev–Trinajstić information content (AvgIpc) is 2.27. The van der Waals surface area contributed by atoms with Crippen LogP contribution in [0.1, 0.15) is 19.4 Å². The van der Waals surface area contributed by atoms with Crippen LogP contribution < -0.4 is 4.90 Å². The largest absolute Gasteiger partial charge is 0.368 e. The zero-order valence-electron chi connectivity index (χ0n) is 10.0. The van der Waals surface area contributed by atoms with Crippen molar-refractivity contribution >= 4 is 29.1 Å². The Bertz CT molecular complexity index is 465. The highest BCUT2D eigenvalue weighted by Crippen LogP contribution is 2.34. The summed E-state index contributed by atoms with van der Waals surface area (Å²) in [6.07, 6.45) is 0. The van der Waals surface area contributed by atoms with Gasteiger partial charge >= 0.3 is 0 Å². The maximum atomic E-state index is 9.16. The van der Waals surface area contributed by atoms with Gasteiger partial charge in [0.1, 0.15) is 6.07 Å². The van der Waals surface area contributed by atoms with Crippen LogP contribution in [0.4, 0.5) is 5.69 Å². The summed E-state index contributed by atoms with van der Waals surface area (Å²) in [4.78, 5) is 2.28.